The van der Waals surface area contributed by atoms with Gasteiger partial charge in [-0.1, -0.05) is 72.8 Å². The summed E-state index contributed by atoms with van der Waals surface area (Å²) in [7, 11) is 0. The van der Waals surface area contributed by atoms with E-state index in [1.807, 2.05) is 72.8 Å². The highest BCUT2D eigenvalue weighted by molar-refractivity contribution is 6.07. The van der Waals surface area contributed by atoms with Gasteiger partial charge in [-0.05, 0) is 28.5 Å². The molecule has 27 heavy (non-hydrogen) atoms. The summed E-state index contributed by atoms with van der Waals surface area (Å²) in [5, 5.41) is 8.26. The molecule has 5 heteroatoms. The number of rotatable bonds is 6. The molecule has 0 aliphatic heterocycles. The first kappa shape index (κ1) is 18.1. The minimum absolute atomic E-state index is 0.151. The molecule has 0 spiro atoms. The second-order valence-corrected chi connectivity index (χ2v) is 5.79. The number of amides is 2. The number of carbonyl (C=O) groups is 2. The molecule has 0 saturated heterocycles. The summed E-state index contributed by atoms with van der Waals surface area (Å²) >= 11 is 0. The van der Waals surface area contributed by atoms with Crippen molar-refractivity contribution in [1.82, 2.24) is 10.7 Å². The van der Waals surface area contributed by atoms with Crippen LogP contribution in [0.2, 0.25) is 0 Å². The smallest absolute Gasteiger partial charge is 0.259 e. The highest BCUT2D eigenvalue weighted by atomic mass is 16.2. The van der Waals surface area contributed by atoms with E-state index in [-0.39, 0.29) is 12.5 Å². The summed E-state index contributed by atoms with van der Waals surface area (Å²) in [4.78, 5) is 24.2. The van der Waals surface area contributed by atoms with Crippen molar-refractivity contribution in [2.75, 3.05) is 6.54 Å². The average molecular weight is 357 g/mol. The molecule has 2 N–H and O–H groups in total. The molecule has 5 nitrogen and oxygen atoms in total. The number of fused-ring (bicyclic) bond motifs is 1. The number of nitrogens with zero attached hydrogens (tertiary/aromatic N) is 1. The number of hydrogen-bond acceptors (Lipinski definition) is 3. The van der Waals surface area contributed by atoms with Crippen LogP contribution in [0.5, 0.6) is 0 Å². The van der Waals surface area contributed by atoms with E-state index in [1.165, 1.54) is 6.21 Å². The SMILES string of the molecule is O=C(CNC(=O)c1cccc2ccccc12)NN=CC=Cc1ccccc1. The Hall–Kier alpha value is -3.73. The Morgan fingerprint density at radius 2 is 1.63 bits per heavy atom. The molecule has 0 aromatic heterocycles. The van der Waals surface area contributed by atoms with Gasteiger partial charge in [-0.25, -0.2) is 5.43 Å². The molecule has 0 fully saturated rings. The van der Waals surface area contributed by atoms with E-state index in [0.717, 1.165) is 16.3 Å². The van der Waals surface area contributed by atoms with E-state index in [2.05, 4.69) is 15.8 Å². The van der Waals surface area contributed by atoms with Gasteiger partial charge in [0.05, 0.1) is 6.54 Å². The van der Waals surface area contributed by atoms with Crippen molar-refractivity contribution < 1.29 is 9.59 Å². The van der Waals surface area contributed by atoms with Crippen LogP contribution in [0.25, 0.3) is 16.8 Å². The highest BCUT2D eigenvalue weighted by Gasteiger charge is 2.10. The van der Waals surface area contributed by atoms with Gasteiger partial charge in [0.1, 0.15) is 0 Å². The largest absolute Gasteiger partial charge is 0.343 e. The summed E-state index contributed by atoms with van der Waals surface area (Å²) in [6.45, 7) is -0.151. The Morgan fingerprint density at radius 1 is 0.889 bits per heavy atom. The van der Waals surface area contributed by atoms with Crippen molar-refractivity contribution in [3.8, 4) is 0 Å². The monoisotopic (exact) mass is 357 g/mol. The van der Waals surface area contributed by atoms with Crippen LogP contribution in [-0.4, -0.2) is 24.6 Å². The van der Waals surface area contributed by atoms with Crippen LogP contribution in [0.3, 0.4) is 0 Å². The summed E-state index contributed by atoms with van der Waals surface area (Å²) < 4.78 is 0. The van der Waals surface area contributed by atoms with Crippen LogP contribution in [0.15, 0.2) is 84.0 Å². The van der Waals surface area contributed by atoms with Crippen LogP contribution in [0, 0.1) is 0 Å². The maximum atomic E-state index is 12.4. The summed E-state index contributed by atoms with van der Waals surface area (Å²) in [5.41, 5.74) is 3.95. The molecule has 0 radical (unpaired) electrons. The van der Waals surface area contributed by atoms with Crippen LogP contribution >= 0.6 is 0 Å². The van der Waals surface area contributed by atoms with Crippen molar-refractivity contribution in [2.24, 2.45) is 5.10 Å². The molecule has 2 amide bonds. The molecule has 3 aromatic carbocycles. The zero-order chi connectivity index (χ0) is 18.9. The fourth-order valence-electron chi connectivity index (χ4n) is 2.59. The Kier molecular flexibility index (Phi) is 6.09. The third-order valence-corrected chi connectivity index (χ3v) is 3.88. The summed E-state index contributed by atoms with van der Waals surface area (Å²) in [5.74, 6) is -0.692. The predicted molar refractivity (Wildman–Crippen MR) is 108 cm³/mol. The lowest BCUT2D eigenvalue weighted by Crippen LogP contribution is -2.34. The van der Waals surface area contributed by atoms with Gasteiger partial charge in [0.25, 0.3) is 11.8 Å². The van der Waals surface area contributed by atoms with Gasteiger partial charge < -0.3 is 5.32 Å². The number of hydrazone groups is 1. The quantitative estimate of drug-likeness (QED) is 0.524. The third-order valence-electron chi connectivity index (χ3n) is 3.88. The van der Waals surface area contributed by atoms with E-state index in [4.69, 9.17) is 0 Å². The fourth-order valence-corrected chi connectivity index (χ4v) is 2.59. The third kappa shape index (κ3) is 5.12. The summed E-state index contributed by atoms with van der Waals surface area (Å²) in [6.07, 6.45) is 5.08. The standard InChI is InChI=1S/C22H19N3O2/c26-21(25-24-15-7-10-17-8-2-1-3-9-17)16-23-22(27)20-14-6-12-18-11-4-5-13-19(18)20/h1-15H,16H2,(H,23,27)(H,25,26). The van der Waals surface area contributed by atoms with Crippen molar-refractivity contribution in [3.05, 3.63) is 90.0 Å². The van der Waals surface area contributed by atoms with Gasteiger partial charge in [0.15, 0.2) is 0 Å². The first-order chi connectivity index (χ1) is 13.2. The normalized spacial score (nSPS) is 11.1. The molecule has 3 aromatic rings. The molecule has 0 unspecified atom stereocenters. The van der Waals surface area contributed by atoms with Gasteiger partial charge in [-0.15, -0.1) is 0 Å². The van der Waals surface area contributed by atoms with Crippen LogP contribution < -0.4 is 10.7 Å². The molecular weight excluding hydrogens is 338 g/mol. The van der Waals surface area contributed by atoms with E-state index < -0.39 is 5.91 Å². The molecule has 0 aliphatic carbocycles. The lowest BCUT2D eigenvalue weighted by Gasteiger charge is -2.07. The molecule has 0 aliphatic rings. The first-order valence-corrected chi connectivity index (χ1v) is 8.53. The van der Waals surface area contributed by atoms with Gasteiger partial charge >= 0.3 is 0 Å². The van der Waals surface area contributed by atoms with Crippen molar-refractivity contribution in [3.63, 3.8) is 0 Å². The fraction of sp³-hybridized carbons (Fsp3) is 0.0455. The lowest BCUT2D eigenvalue weighted by atomic mass is 10.0. The van der Waals surface area contributed by atoms with E-state index in [9.17, 15) is 9.59 Å². The van der Waals surface area contributed by atoms with Gasteiger partial charge in [0.2, 0.25) is 0 Å². The van der Waals surface area contributed by atoms with Crippen molar-refractivity contribution >= 4 is 34.9 Å². The second kappa shape index (κ2) is 9.10. The Balaban J connectivity index is 1.49. The Labute approximate surface area is 157 Å². The Bertz CT molecular complexity index is 989. The zero-order valence-corrected chi connectivity index (χ0v) is 14.6. The zero-order valence-electron chi connectivity index (χ0n) is 14.6. The molecule has 0 heterocycles. The van der Waals surface area contributed by atoms with Gasteiger partial charge in [-0.2, -0.15) is 5.10 Å². The minimum Gasteiger partial charge on any atom is -0.343 e. The molecular formula is C22H19N3O2. The topological polar surface area (TPSA) is 70.6 Å². The maximum absolute atomic E-state index is 12.4. The molecule has 3 rings (SSSR count). The minimum atomic E-state index is -0.395. The highest BCUT2D eigenvalue weighted by Crippen LogP contribution is 2.18. The van der Waals surface area contributed by atoms with Gasteiger partial charge in [0, 0.05) is 11.8 Å². The number of hydrogen-bond donors (Lipinski definition) is 2. The van der Waals surface area contributed by atoms with Crippen molar-refractivity contribution in [2.45, 2.75) is 0 Å². The summed E-state index contributed by atoms with van der Waals surface area (Å²) in [6, 6.07) is 22.9. The van der Waals surface area contributed by atoms with E-state index in [1.54, 1.807) is 12.1 Å². The van der Waals surface area contributed by atoms with E-state index in [0.29, 0.717) is 5.56 Å². The maximum Gasteiger partial charge on any atom is 0.259 e. The molecule has 0 atom stereocenters. The number of allylic oxidation sites excluding steroid dienone is 1. The van der Waals surface area contributed by atoms with Crippen molar-refractivity contribution in [1.29, 1.82) is 0 Å². The predicted octanol–water partition coefficient (Wildman–Crippen LogP) is 3.39. The Morgan fingerprint density at radius 3 is 2.48 bits per heavy atom. The lowest BCUT2D eigenvalue weighted by molar-refractivity contribution is -0.120. The number of benzene rings is 3. The molecule has 0 bridgehead atoms. The van der Waals surface area contributed by atoms with Gasteiger partial charge in [-0.3, -0.25) is 9.59 Å². The second-order valence-electron chi connectivity index (χ2n) is 5.79. The first-order valence-electron chi connectivity index (χ1n) is 8.53. The van der Waals surface area contributed by atoms with Crippen LogP contribution in [0.4, 0.5) is 0 Å². The van der Waals surface area contributed by atoms with Crippen LogP contribution in [0.1, 0.15) is 15.9 Å². The number of carbonyl (C=O) groups excluding carboxylic acids is 2. The molecule has 134 valence electrons. The van der Waals surface area contributed by atoms with E-state index >= 15 is 0 Å². The number of nitrogens with one attached hydrogen (secondary N) is 2. The average Bonchev–Trinajstić information content (AvgIpc) is 2.72. The van der Waals surface area contributed by atoms with Crippen LogP contribution in [-0.2, 0) is 4.79 Å². The molecule has 0 saturated carbocycles.